The van der Waals surface area contributed by atoms with E-state index in [1.54, 1.807) is 23.2 Å². The molecule has 0 unspecified atom stereocenters. The average molecular weight is 599 g/mol. The van der Waals surface area contributed by atoms with E-state index in [2.05, 4.69) is 26.7 Å². The molecule has 0 atom stereocenters. The molecule has 3 aromatic rings. The highest BCUT2D eigenvalue weighted by atomic mass is 35.5. The van der Waals surface area contributed by atoms with E-state index in [0.717, 1.165) is 16.8 Å². The lowest BCUT2D eigenvalue weighted by Gasteiger charge is -2.36. The number of hydrogen-bond donors (Lipinski definition) is 1. The van der Waals surface area contributed by atoms with Gasteiger partial charge in [0.2, 0.25) is 10.0 Å². The average Bonchev–Trinajstić information content (AvgIpc) is 3.79. The molecule has 1 saturated carbocycles. The number of benzene rings is 2. The molecule has 0 spiro atoms. The van der Waals surface area contributed by atoms with Crippen LogP contribution >= 0.6 is 11.6 Å². The zero-order valence-corrected chi connectivity index (χ0v) is 25.3. The summed E-state index contributed by atoms with van der Waals surface area (Å²) in [7, 11) is -1.90. The molecule has 1 aliphatic carbocycles. The Kier molecular flexibility index (Phi) is 8.07. The molecule has 5 rings (SSSR count). The highest BCUT2D eigenvalue weighted by Crippen LogP contribution is 2.37. The number of nitrogens with zero attached hydrogens (tertiary/aromatic N) is 3. The van der Waals surface area contributed by atoms with E-state index >= 15 is 0 Å². The topological polar surface area (TPSA) is 101 Å². The van der Waals surface area contributed by atoms with Crippen LogP contribution in [0.2, 0.25) is 5.15 Å². The van der Waals surface area contributed by atoms with Crippen molar-refractivity contribution in [2.75, 3.05) is 42.9 Å². The van der Waals surface area contributed by atoms with Gasteiger partial charge in [0.05, 0.1) is 18.0 Å². The summed E-state index contributed by atoms with van der Waals surface area (Å²) in [5, 5.41) is -0.0416. The van der Waals surface area contributed by atoms with Gasteiger partial charge in [-0.1, -0.05) is 23.7 Å². The van der Waals surface area contributed by atoms with Crippen LogP contribution in [0.15, 0.2) is 54.7 Å². The second-order valence-corrected chi connectivity index (χ2v) is 13.7. The minimum Gasteiger partial charge on any atom is -0.497 e. The summed E-state index contributed by atoms with van der Waals surface area (Å²) in [6.07, 6.45) is 2.79. The molecule has 218 valence electrons. The predicted octanol–water partition coefficient (Wildman–Crippen LogP) is 6.04. The normalized spacial score (nSPS) is 15.9. The Labute approximate surface area is 246 Å². The standard InChI is InChI=1S/C30H35ClN4O5S/c1-30(2,3)40-29(36)35-13-11-34(12-14-35)24-7-5-20(6-8-24)22-17-27(28(31)32-19-22)21-15-23(18-25(16-21)39-4)33-41(37,38)26-9-10-26/h5-8,15-19,26,33H,9-14H2,1-4H3. The number of halogens is 1. The maximum Gasteiger partial charge on any atom is 0.410 e. The maximum atomic E-state index is 12.5. The second-order valence-electron chi connectivity index (χ2n) is 11.4. The van der Waals surface area contributed by atoms with E-state index in [-0.39, 0.29) is 11.3 Å². The number of ether oxygens (including phenoxy) is 2. The smallest absolute Gasteiger partial charge is 0.410 e. The summed E-state index contributed by atoms with van der Waals surface area (Å²) in [5.41, 5.74) is 4.17. The van der Waals surface area contributed by atoms with Gasteiger partial charge in [-0.2, -0.15) is 0 Å². The minimum absolute atomic E-state index is 0.276. The van der Waals surface area contributed by atoms with E-state index in [9.17, 15) is 13.2 Å². The summed E-state index contributed by atoms with van der Waals surface area (Å²) in [5.74, 6) is 0.508. The minimum atomic E-state index is -3.44. The molecule has 9 nitrogen and oxygen atoms in total. The molecule has 0 radical (unpaired) electrons. The first-order chi connectivity index (χ1) is 19.4. The van der Waals surface area contributed by atoms with Crippen LogP contribution in [0.5, 0.6) is 5.75 Å². The van der Waals surface area contributed by atoms with Crippen molar-refractivity contribution < 1.29 is 22.7 Å². The van der Waals surface area contributed by atoms with Gasteiger partial charge in [0.15, 0.2) is 0 Å². The Morgan fingerprint density at radius 3 is 2.27 bits per heavy atom. The molecule has 11 heteroatoms. The molecule has 1 aromatic heterocycles. The Balaban J connectivity index is 1.32. The highest BCUT2D eigenvalue weighted by molar-refractivity contribution is 7.93. The number of nitrogens with one attached hydrogen (secondary N) is 1. The molecular formula is C30H35ClN4O5S. The summed E-state index contributed by atoms with van der Waals surface area (Å²) in [6.45, 7) is 8.24. The second kappa shape index (κ2) is 11.4. The Morgan fingerprint density at radius 2 is 1.66 bits per heavy atom. The fraction of sp³-hybridized carbons (Fsp3) is 0.400. The monoisotopic (exact) mass is 598 g/mol. The van der Waals surface area contributed by atoms with Crippen molar-refractivity contribution in [1.29, 1.82) is 0 Å². The molecule has 1 saturated heterocycles. The van der Waals surface area contributed by atoms with Gasteiger partial charge in [-0.05, 0) is 75.1 Å². The number of sulfonamides is 1. The third kappa shape index (κ3) is 7.05. The van der Waals surface area contributed by atoms with E-state index in [4.69, 9.17) is 21.1 Å². The number of hydrogen-bond acceptors (Lipinski definition) is 7. The first-order valence-electron chi connectivity index (χ1n) is 13.6. The number of methoxy groups -OCH3 is 1. The molecule has 2 fully saturated rings. The van der Waals surface area contributed by atoms with E-state index in [1.165, 1.54) is 7.11 Å². The molecule has 41 heavy (non-hydrogen) atoms. The van der Waals surface area contributed by atoms with Gasteiger partial charge in [-0.3, -0.25) is 4.72 Å². The van der Waals surface area contributed by atoms with E-state index < -0.39 is 15.6 Å². The zero-order valence-electron chi connectivity index (χ0n) is 23.7. The van der Waals surface area contributed by atoms with Crippen molar-refractivity contribution in [3.05, 3.63) is 59.9 Å². The van der Waals surface area contributed by atoms with Crippen LogP contribution in [-0.2, 0) is 14.8 Å². The van der Waals surface area contributed by atoms with Crippen molar-refractivity contribution in [1.82, 2.24) is 9.88 Å². The molecule has 0 bridgehead atoms. The third-order valence-electron chi connectivity index (χ3n) is 7.01. The van der Waals surface area contributed by atoms with Gasteiger partial charge >= 0.3 is 6.09 Å². The van der Waals surface area contributed by atoms with Crippen molar-refractivity contribution >= 4 is 39.1 Å². The number of amides is 1. The molecule has 1 aliphatic heterocycles. The fourth-order valence-corrected chi connectivity index (χ4v) is 6.29. The number of carbonyl (C=O) groups is 1. The Bertz CT molecular complexity index is 1530. The molecule has 2 aliphatic rings. The number of aromatic nitrogens is 1. The zero-order chi connectivity index (χ0) is 29.4. The van der Waals surface area contributed by atoms with Gasteiger partial charge in [-0.25, -0.2) is 18.2 Å². The van der Waals surface area contributed by atoms with Crippen molar-refractivity contribution in [2.45, 2.75) is 44.5 Å². The van der Waals surface area contributed by atoms with E-state index in [0.29, 0.717) is 66.7 Å². The van der Waals surface area contributed by atoms with Crippen molar-refractivity contribution in [3.8, 4) is 28.0 Å². The third-order valence-corrected chi connectivity index (χ3v) is 9.18. The largest absolute Gasteiger partial charge is 0.497 e. The van der Waals surface area contributed by atoms with Crippen molar-refractivity contribution in [3.63, 3.8) is 0 Å². The summed E-state index contributed by atoms with van der Waals surface area (Å²) in [6, 6.07) is 15.3. The number of rotatable bonds is 7. The SMILES string of the molecule is COc1cc(NS(=O)(=O)C2CC2)cc(-c2cc(-c3ccc(N4CCN(C(=O)OC(C)(C)C)CC4)cc3)cnc2Cl)c1. The van der Waals surface area contributed by atoms with Crippen LogP contribution in [0.4, 0.5) is 16.2 Å². The quantitative estimate of drug-likeness (QED) is 0.331. The first-order valence-corrected chi connectivity index (χ1v) is 15.5. The molecular weight excluding hydrogens is 564 g/mol. The molecule has 1 N–H and O–H groups in total. The van der Waals surface area contributed by atoms with Crippen LogP contribution < -0.4 is 14.4 Å². The number of anilines is 2. The fourth-order valence-electron chi connectivity index (χ4n) is 4.70. The first kappa shape index (κ1) is 29.0. The summed E-state index contributed by atoms with van der Waals surface area (Å²) >= 11 is 6.52. The van der Waals surface area contributed by atoms with Crippen LogP contribution in [0, 0.1) is 0 Å². The van der Waals surface area contributed by atoms with Gasteiger partial charge in [0, 0.05) is 55.3 Å². The molecule has 2 heterocycles. The van der Waals surface area contributed by atoms with Crippen LogP contribution in [0.25, 0.3) is 22.3 Å². The van der Waals surface area contributed by atoms with Gasteiger partial charge in [-0.15, -0.1) is 0 Å². The Hall–Kier alpha value is -3.50. The van der Waals surface area contributed by atoms with Crippen LogP contribution in [-0.4, -0.2) is 68.5 Å². The van der Waals surface area contributed by atoms with Crippen LogP contribution in [0.1, 0.15) is 33.6 Å². The lowest BCUT2D eigenvalue weighted by Crippen LogP contribution is -2.50. The summed E-state index contributed by atoms with van der Waals surface area (Å²) < 4.78 is 38.7. The number of piperazine rings is 1. The van der Waals surface area contributed by atoms with Gasteiger partial charge < -0.3 is 19.3 Å². The Morgan fingerprint density at radius 1 is 0.976 bits per heavy atom. The van der Waals surface area contributed by atoms with Gasteiger partial charge in [0.25, 0.3) is 0 Å². The number of pyridine rings is 1. The number of carbonyl (C=O) groups excluding carboxylic acids is 1. The lowest BCUT2D eigenvalue weighted by atomic mass is 10.0. The lowest BCUT2D eigenvalue weighted by molar-refractivity contribution is 0.0240. The molecule has 1 amide bonds. The van der Waals surface area contributed by atoms with E-state index in [1.807, 2.05) is 45.0 Å². The highest BCUT2D eigenvalue weighted by Gasteiger charge is 2.36. The predicted molar refractivity (Wildman–Crippen MR) is 162 cm³/mol. The van der Waals surface area contributed by atoms with Crippen molar-refractivity contribution in [2.24, 2.45) is 0 Å². The maximum absolute atomic E-state index is 12.5. The molecule has 2 aromatic carbocycles. The summed E-state index contributed by atoms with van der Waals surface area (Å²) in [4.78, 5) is 20.8. The van der Waals surface area contributed by atoms with Gasteiger partial charge in [0.1, 0.15) is 16.5 Å². The van der Waals surface area contributed by atoms with Crippen LogP contribution in [0.3, 0.4) is 0 Å².